The summed E-state index contributed by atoms with van der Waals surface area (Å²) >= 11 is 0. The first-order valence-corrected chi connectivity index (χ1v) is 9.04. The van der Waals surface area contributed by atoms with Gasteiger partial charge in [-0.25, -0.2) is 0 Å². The van der Waals surface area contributed by atoms with E-state index in [1.54, 1.807) is 7.11 Å². The lowest BCUT2D eigenvalue weighted by atomic mass is 9.78. The number of rotatable bonds is 3. The number of ether oxygens (including phenoxy) is 1. The SMILES string of the molecule is CCC1CCC(c2ccc(C#Cc3ccc(OC)cc3)cc2)CC1. The van der Waals surface area contributed by atoms with Crippen molar-refractivity contribution >= 4 is 0 Å². The summed E-state index contributed by atoms with van der Waals surface area (Å²) in [4.78, 5) is 0. The fourth-order valence-electron chi connectivity index (χ4n) is 3.56. The highest BCUT2D eigenvalue weighted by Gasteiger charge is 2.20. The second kappa shape index (κ2) is 8.06. The molecule has 0 radical (unpaired) electrons. The third-order valence-corrected chi connectivity index (χ3v) is 5.25. The topological polar surface area (TPSA) is 9.23 Å². The molecule has 0 aromatic heterocycles. The van der Waals surface area contributed by atoms with Crippen molar-refractivity contribution in [3.8, 4) is 17.6 Å². The summed E-state index contributed by atoms with van der Waals surface area (Å²) in [5.74, 6) is 9.04. The zero-order chi connectivity index (χ0) is 16.8. The zero-order valence-electron chi connectivity index (χ0n) is 14.7. The Labute approximate surface area is 146 Å². The maximum Gasteiger partial charge on any atom is 0.118 e. The van der Waals surface area contributed by atoms with Crippen molar-refractivity contribution in [1.29, 1.82) is 0 Å². The van der Waals surface area contributed by atoms with Crippen LogP contribution >= 0.6 is 0 Å². The Morgan fingerprint density at radius 1 is 0.833 bits per heavy atom. The molecule has 1 heteroatoms. The molecule has 3 rings (SSSR count). The Hall–Kier alpha value is -2.20. The summed E-state index contributed by atoms with van der Waals surface area (Å²) in [6, 6.07) is 16.7. The van der Waals surface area contributed by atoms with Crippen LogP contribution in [0.2, 0.25) is 0 Å². The molecule has 2 aromatic rings. The largest absolute Gasteiger partial charge is 0.497 e. The molecule has 0 saturated heterocycles. The van der Waals surface area contributed by atoms with Gasteiger partial charge in [-0.15, -0.1) is 0 Å². The van der Waals surface area contributed by atoms with Crippen molar-refractivity contribution < 1.29 is 4.74 Å². The summed E-state index contributed by atoms with van der Waals surface area (Å²) in [5, 5.41) is 0. The van der Waals surface area contributed by atoms with E-state index in [2.05, 4.69) is 43.0 Å². The standard InChI is InChI=1S/C23H26O/c1-3-18-6-12-21(13-7-18)22-14-8-19(9-15-22)4-5-20-10-16-23(24-2)17-11-20/h8-11,14-18,21H,3,6-7,12-13H2,1-2H3. The average Bonchev–Trinajstić information content (AvgIpc) is 2.67. The minimum atomic E-state index is 0.747. The molecule has 0 bridgehead atoms. The van der Waals surface area contributed by atoms with Gasteiger partial charge >= 0.3 is 0 Å². The second-order valence-corrected chi connectivity index (χ2v) is 6.73. The fraction of sp³-hybridized carbons (Fsp3) is 0.391. The summed E-state index contributed by atoms with van der Waals surface area (Å²) in [6.45, 7) is 2.32. The molecular weight excluding hydrogens is 292 g/mol. The summed E-state index contributed by atoms with van der Waals surface area (Å²) in [7, 11) is 1.68. The van der Waals surface area contributed by atoms with Gasteiger partial charge in [0, 0.05) is 11.1 Å². The first kappa shape index (κ1) is 16.7. The summed E-state index contributed by atoms with van der Waals surface area (Å²) in [6.07, 6.45) is 6.80. The van der Waals surface area contributed by atoms with Crippen LogP contribution in [0.5, 0.6) is 5.75 Å². The monoisotopic (exact) mass is 318 g/mol. The van der Waals surface area contributed by atoms with Crippen LogP contribution in [0.4, 0.5) is 0 Å². The first-order valence-electron chi connectivity index (χ1n) is 9.04. The van der Waals surface area contributed by atoms with Crippen molar-refractivity contribution in [3.05, 3.63) is 65.2 Å². The van der Waals surface area contributed by atoms with Crippen molar-refractivity contribution in [1.82, 2.24) is 0 Å². The second-order valence-electron chi connectivity index (χ2n) is 6.73. The van der Waals surface area contributed by atoms with E-state index in [1.807, 2.05) is 24.3 Å². The number of benzene rings is 2. The molecule has 0 spiro atoms. The molecule has 24 heavy (non-hydrogen) atoms. The van der Waals surface area contributed by atoms with Crippen LogP contribution in [0.25, 0.3) is 0 Å². The van der Waals surface area contributed by atoms with E-state index in [4.69, 9.17) is 4.74 Å². The van der Waals surface area contributed by atoms with Crippen LogP contribution in [0.3, 0.4) is 0 Å². The smallest absolute Gasteiger partial charge is 0.118 e. The Morgan fingerprint density at radius 2 is 1.38 bits per heavy atom. The molecule has 0 aliphatic heterocycles. The van der Waals surface area contributed by atoms with Gasteiger partial charge in [0.1, 0.15) is 5.75 Å². The maximum absolute atomic E-state index is 5.17. The van der Waals surface area contributed by atoms with Gasteiger partial charge in [-0.3, -0.25) is 0 Å². The van der Waals surface area contributed by atoms with E-state index in [9.17, 15) is 0 Å². The summed E-state index contributed by atoms with van der Waals surface area (Å²) in [5.41, 5.74) is 3.58. The van der Waals surface area contributed by atoms with E-state index in [0.717, 1.165) is 28.7 Å². The van der Waals surface area contributed by atoms with Crippen LogP contribution in [-0.4, -0.2) is 7.11 Å². The van der Waals surface area contributed by atoms with E-state index in [-0.39, 0.29) is 0 Å². The summed E-state index contributed by atoms with van der Waals surface area (Å²) < 4.78 is 5.17. The average molecular weight is 318 g/mol. The van der Waals surface area contributed by atoms with Crippen LogP contribution in [-0.2, 0) is 0 Å². The first-order chi connectivity index (χ1) is 11.8. The molecule has 1 nitrogen and oxygen atoms in total. The van der Waals surface area contributed by atoms with Gasteiger partial charge in [0.2, 0.25) is 0 Å². The molecule has 1 saturated carbocycles. The normalized spacial score (nSPS) is 20.1. The molecule has 0 N–H and O–H groups in total. The van der Waals surface area contributed by atoms with Gasteiger partial charge < -0.3 is 4.74 Å². The Balaban J connectivity index is 1.63. The van der Waals surface area contributed by atoms with Crippen molar-refractivity contribution in [2.75, 3.05) is 7.11 Å². The minimum Gasteiger partial charge on any atom is -0.497 e. The molecule has 0 amide bonds. The molecule has 124 valence electrons. The molecule has 0 heterocycles. The molecule has 0 unspecified atom stereocenters. The molecule has 1 fully saturated rings. The Morgan fingerprint density at radius 3 is 1.88 bits per heavy atom. The van der Waals surface area contributed by atoms with E-state index in [1.165, 1.54) is 37.7 Å². The maximum atomic E-state index is 5.17. The number of methoxy groups -OCH3 is 1. The van der Waals surface area contributed by atoms with Gasteiger partial charge in [-0.1, -0.05) is 37.3 Å². The van der Waals surface area contributed by atoms with Crippen LogP contribution in [0, 0.1) is 17.8 Å². The van der Waals surface area contributed by atoms with E-state index >= 15 is 0 Å². The van der Waals surface area contributed by atoms with Crippen molar-refractivity contribution in [2.45, 2.75) is 44.9 Å². The quantitative estimate of drug-likeness (QED) is 0.652. The minimum absolute atomic E-state index is 0.747. The lowest BCUT2D eigenvalue weighted by Gasteiger charge is -2.28. The molecule has 2 aromatic carbocycles. The Bertz CT molecular complexity index is 692. The fourth-order valence-corrected chi connectivity index (χ4v) is 3.56. The third-order valence-electron chi connectivity index (χ3n) is 5.25. The van der Waals surface area contributed by atoms with Crippen LogP contribution in [0.15, 0.2) is 48.5 Å². The van der Waals surface area contributed by atoms with Crippen molar-refractivity contribution in [3.63, 3.8) is 0 Å². The highest BCUT2D eigenvalue weighted by atomic mass is 16.5. The van der Waals surface area contributed by atoms with Gasteiger partial charge in [0.25, 0.3) is 0 Å². The molecule has 1 aliphatic carbocycles. The van der Waals surface area contributed by atoms with Gasteiger partial charge in [0.15, 0.2) is 0 Å². The van der Waals surface area contributed by atoms with Gasteiger partial charge in [-0.2, -0.15) is 0 Å². The zero-order valence-corrected chi connectivity index (χ0v) is 14.7. The van der Waals surface area contributed by atoms with Crippen LogP contribution in [0.1, 0.15) is 61.6 Å². The predicted molar refractivity (Wildman–Crippen MR) is 100 cm³/mol. The van der Waals surface area contributed by atoms with E-state index < -0.39 is 0 Å². The molecular formula is C23H26O. The molecule has 0 atom stereocenters. The number of hydrogen-bond donors (Lipinski definition) is 0. The molecule has 1 aliphatic rings. The van der Waals surface area contributed by atoms with Crippen LogP contribution < -0.4 is 4.74 Å². The van der Waals surface area contributed by atoms with Gasteiger partial charge in [-0.05, 0) is 79.5 Å². The lowest BCUT2D eigenvalue weighted by molar-refractivity contribution is 0.319. The lowest BCUT2D eigenvalue weighted by Crippen LogP contribution is -2.12. The highest BCUT2D eigenvalue weighted by Crippen LogP contribution is 2.36. The highest BCUT2D eigenvalue weighted by molar-refractivity contribution is 5.45. The van der Waals surface area contributed by atoms with Gasteiger partial charge in [0.05, 0.1) is 7.11 Å². The van der Waals surface area contributed by atoms with Crippen molar-refractivity contribution in [2.24, 2.45) is 5.92 Å². The predicted octanol–water partition coefficient (Wildman–Crippen LogP) is 5.78. The third kappa shape index (κ3) is 4.20. The number of hydrogen-bond acceptors (Lipinski definition) is 1. The van der Waals surface area contributed by atoms with E-state index in [0.29, 0.717) is 0 Å². The Kier molecular flexibility index (Phi) is 5.59.